The summed E-state index contributed by atoms with van der Waals surface area (Å²) >= 11 is 5.61. The highest BCUT2D eigenvalue weighted by molar-refractivity contribution is 7.80. The first kappa shape index (κ1) is 17.5. The first-order chi connectivity index (χ1) is 11.0. The zero-order valence-electron chi connectivity index (χ0n) is 13.6. The number of carbonyl (C=O) groups is 1. The molecular weight excluding hydrogens is 314 g/mol. The highest BCUT2D eigenvalue weighted by Crippen LogP contribution is 2.29. The van der Waals surface area contributed by atoms with Crippen LogP contribution in [0.1, 0.15) is 12.5 Å². The molecular formula is C16H23N3O3S. The molecule has 2 N–H and O–H groups in total. The van der Waals surface area contributed by atoms with Gasteiger partial charge in [0, 0.05) is 31.7 Å². The molecule has 126 valence electrons. The SMILES string of the molecule is CCN1CCN(C(=S)c2ccc(OCC(N)=O)c(OC)c2)CC1. The van der Waals surface area contributed by atoms with Crippen molar-refractivity contribution in [2.24, 2.45) is 5.73 Å². The maximum absolute atomic E-state index is 10.8. The van der Waals surface area contributed by atoms with E-state index in [-0.39, 0.29) is 6.61 Å². The van der Waals surface area contributed by atoms with E-state index >= 15 is 0 Å². The molecule has 0 bridgehead atoms. The van der Waals surface area contributed by atoms with Gasteiger partial charge in [-0.2, -0.15) is 0 Å². The van der Waals surface area contributed by atoms with Gasteiger partial charge in [-0.05, 0) is 24.7 Å². The zero-order valence-corrected chi connectivity index (χ0v) is 14.4. The van der Waals surface area contributed by atoms with E-state index in [9.17, 15) is 4.79 Å². The molecule has 0 aliphatic carbocycles. The molecule has 23 heavy (non-hydrogen) atoms. The number of hydrogen-bond donors (Lipinski definition) is 1. The van der Waals surface area contributed by atoms with Gasteiger partial charge < -0.3 is 25.0 Å². The third-order valence-corrected chi connectivity index (χ3v) is 4.38. The fourth-order valence-electron chi connectivity index (χ4n) is 2.52. The number of nitrogens with zero attached hydrogens (tertiary/aromatic N) is 2. The van der Waals surface area contributed by atoms with Crippen molar-refractivity contribution in [2.45, 2.75) is 6.92 Å². The zero-order chi connectivity index (χ0) is 16.8. The Balaban J connectivity index is 2.07. The number of amides is 1. The molecule has 0 radical (unpaired) electrons. The van der Waals surface area contributed by atoms with E-state index in [0.717, 1.165) is 43.3 Å². The normalized spacial score (nSPS) is 15.3. The summed E-state index contributed by atoms with van der Waals surface area (Å²) in [5.74, 6) is 0.493. The molecule has 0 spiro atoms. The molecule has 1 fully saturated rings. The second kappa shape index (κ2) is 8.12. The van der Waals surface area contributed by atoms with Crippen molar-refractivity contribution in [3.05, 3.63) is 23.8 Å². The average molecular weight is 337 g/mol. The minimum absolute atomic E-state index is 0.181. The van der Waals surface area contributed by atoms with Crippen molar-refractivity contribution in [1.29, 1.82) is 0 Å². The minimum Gasteiger partial charge on any atom is -0.493 e. The highest BCUT2D eigenvalue weighted by Gasteiger charge is 2.19. The quantitative estimate of drug-likeness (QED) is 0.777. The molecule has 0 unspecified atom stereocenters. The lowest BCUT2D eigenvalue weighted by molar-refractivity contribution is -0.119. The van der Waals surface area contributed by atoms with Gasteiger partial charge in [-0.15, -0.1) is 0 Å². The molecule has 1 amide bonds. The smallest absolute Gasteiger partial charge is 0.255 e. The van der Waals surface area contributed by atoms with Gasteiger partial charge in [0.05, 0.1) is 7.11 Å². The summed E-state index contributed by atoms with van der Waals surface area (Å²) in [7, 11) is 1.55. The van der Waals surface area contributed by atoms with E-state index in [0.29, 0.717) is 11.5 Å². The molecule has 1 aliphatic rings. The first-order valence-electron chi connectivity index (χ1n) is 7.66. The van der Waals surface area contributed by atoms with Gasteiger partial charge in [0.25, 0.3) is 5.91 Å². The number of nitrogens with two attached hydrogens (primary N) is 1. The van der Waals surface area contributed by atoms with Crippen LogP contribution in [-0.2, 0) is 4.79 Å². The summed E-state index contributed by atoms with van der Waals surface area (Å²) < 4.78 is 10.7. The lowest BCUT2D eigenvalue weighted by Gasteiger charge is -2.35. The number of carbonyl (C=O) groups excluding carboxylic acids is 1. The summed E-state index contributed by atoms with van der Waals surface area (Å²) in [4.78, 5) is 16.2. The Kier molecular flexibility index (Phi) is 6.18. The van der Waals surface area contributed by atoms with Crippen LogP contribution in [0.3, 0.4) is 0 Å². The average Bonchev–Trinajstić information content (AvgIpc) is 2.59. The van der Waals surface area contributed by atoms with Gasteiger partial charge in [-0.3, -0.25) is 4.79 Å². The van der Waals surface area contributed by atoms with Crippen molar-refractivity contribution < 1.29 is 14.3 Å². The van der Waals surface area contributed by atoms with Gasteiger partial charge in [0.15, 0.2) is 18.1 Å². The third kappa shape index (κ3) is 4.56. The standard InChI is InChI=1S/C16H23N3O3S/c1-3-18-6-8-19(9-7-18)16(23)12-4-5-13(14(10-12)21-2)22-11-15(17)20/h4-5,10H,3,6-9,11H2,1-2H3,(H2,17,20). The van der Waals surface area contributed by atoms with Gasteiger partial charge in [0.1, 0.15) is 4.99 Å². The number of thiocarbonyl (C=S) groups is 1. The largest absolute Gasteiger partial charge is 0.493 e. The van der Waals surface area contributed by atoms with Gasteiger partial charge in [-0.1, -0.05) is 19.1 Å². The van der Waals surface area contributed by atoms with E-state index in [1.807, 2.05) is 12.1 Å². The van der Waals surface area contributed by atoms with E-state index in [4.69, 9.17) is 27.4 Å². The monoisotopic (exact) mass is 337 g/mol. The number of primary amides is 1. The Morgan fingerprint density at radius 2 is 1.96 bits per heavy atom. The molecule has 7 heteroatoms. The lowest BCUT2D eigenvalue weighted by Crippen LogP contribution is -2.48. The maximum atomic E-state index is 10.8. The predicted molar refractivity (Wildman–Crippen MR) is 93.1 cm³/mol. The number of methoxy groups -OCH3 is 1. The predicted octanol–water partition coefficient (Wildman–Crippen LogP) is 0.872. The molecule has 1 heterocycles. The van der Waals surface area contributed by atoms with Crippen molar-refractivity contribution in [3.63, 3.8) is 0 Å². The molecule has 1 aliphatic heterocycles. The van der Waals surface area contributed by atoms with Crippen LogP contribution in [0.25, 0.3) is 0 Å². The molecule has 2 rings (SSSR count). The molecule has 1 aromatic carbocycles. The Labute approximate surface area is 142 Å². The minimum atomic E-state index is -0.527. The van der Waals surface area contributed by atoms with Crippen LogP contribution in [0.5, 0.6) is 11.5 Å². The number of hydrogen-bond acceptors (Lipinski definition) is 5. The molecule has 1 aromatic rings. The number of piperazine rings is 1. The van der Waals surface area contributed by atoms with Crippen LogP contribution < -0.4 is 15.2 Å². The number of benzene rings is 1. The van der Waals surface area contributed by atoms with Crippen molar-refractivity contribution in [1.82, 2.24) is 9.80 Å². The van der Waals surface area contributed by atoms with Gasteiger partial charge >= 0.3 is 0 Å². The van der Waals surface area contributed by atoms with Gasteiger partial charge in [-0.25, -0.2) is 0 Å². The molecule has 1 saturated heterocycles. The number of rotatable bonds is 6. The molecule has 6 nitrogen and oxygen atoms in total. The van der Waals surface area contributed by atoms with Crippen molar-refractivity contribution >= 4 is 23.1 Å². The Hall–Kier alpha value is -1.86. The van der Waals surface area contributed by atoms with Gasteiger partial charge in [0.2, 0.25) is 0 Å². The molecule has 0 atom stereocenters. The fraction of sp³-hybridized carbons (Fsp3) is 0.500. The summed E-state index contributed by atoms with van der Waals surface area (Å²) in [5.41, 5.74) is 6.00. The van der Waals surface area contributed by atoms with Crippen LogP contribution in [0.15, 0.2) is 18.2 Å². The van der Waals surface area contributed by atoms with Crippen molar-refractivity contribution in [2.75, 3.05) is 46.4 Å². The number of ether oxygens (including phenoxy) is 2. The van der Waals surface area contributed by atoms with Crippen LogP contribution in [-0.4, -0.2) is 67.1 Å². The second-order valence-corrected chi connectivity index (χ2v) is 5.73. The molecule has 0 aromatic heterocycles. The Morgan fingerprint density at radius 1 is 1.26 bits per heavy atom. The summed E-state index contributed by atoms with van der Waals surface area (Å²) in [6.45, 7) is 6.95. The topological polar surface area (TPSA) is 68.0 Å². The highest BCUT2D eigenvalue weighted by atomic mass is 32.1. The van der Waals surface area contributed by atoms with Crippen LogP contribution >= 0.6 is 12.2 Å². The van der Waals surface area contributed by atoms with E-state index < -0.39 is 5.91 Å². The number of likely N-dealkylation sites (N-methyl/N-ethyl adjacent to an activating group) is 1. The Bertz CT molecular complexity index is 572. The van der Waals surface area contributed by atoms with E-state index in [1.54, 1.807) is 13.2 Å². The first-order valence-corrected chi connectivity index (χ1v) is 8.06. The summed E-state index contributed by atoms with van der Waals surface area (Å²) in [6.07, 6.45) is 0. The van der Waals surface area contributed by atoms with Crippen LogP contribution in [0, 0.1) is 0 Å². The van der Waals surface area contributed by atoms with Crippen LogP contribution in [0.4, 0.5) is 0 Å². The van der Waals surface area contributed by atoms with E-state index in [2.05, 4.69) is 16.7 Å². The Morgan fingerprint density at radius 3 is 2.52 bits per heavy atom. The van der Waals surface area contributed by atoms with Crippen molar-refractivity contribution in [3.8, 4) is 11.5 Å². The maximum Gasteiger partial charge on any atom is 0.255 e. The lowest BCUT2D eigenvalue weighted by atomic mass is 10.1. The second-order valence-electron chi connectivity index (χ2n) is 5.35. The van der Waals surface area contributed by atoms with Crippen LogP contribution in [0.2, 0.25) is 0 Å². The molecule has 0 saturated carbocycles. The van der Waals surface area contributed by atoms with E-state index in [1.165, 1.54) is 0 Å². The third-order valence-electron chi connectivity index (χ3n) is 3.89. The summed E-state index contributed by atoms with van der Waals surface area (Å²) in [6, 6.07) is 5.48. The fourth-order valence-corrected chi connectivity index (χ4v) is 2.83. The summed E-state index contributed by atoms with van der Waals surface area (Å²) in [5, 5.41) is 0.